The van der Waals surface area contributed by atoms with Crippen molar-refractivity contribution in [2.45, 2.75) is 78.4 Å². The van der Waals surface area contributed by atoms with E-state index in [1.165, 1.54) is 11.1 Å². The molecule has 154 valence electrons. The molecule has 1 heterocycles. The highest BCUT2D eigenvalue weighted by molar-refractivity contribution is 5.97. The second-order valence-electron chi connectivity index (χ2n) is 10.5. The van der Waals surface area contributed by atoms with Gasteiger partial charge in [-0.1, -0.05) is 37.1 Å². The van der Waals surface area contributed by atoms with Crippen molar-refractivity contribution < 1.29 is 14.6 Å². The number of carbonyl (C=O) groups excluding carboxylic acids is 1. The highest BCUT2D eigenvalue weighted by atomic mass is 16.5. The first-order valence-corrected chi connectivity index (χ1v) is 11.0. The summed E-state index contributed by atoms with van der Waals surface area (Å²) >= 11 is 0. The molecule has 1 aliphatic heterocycles. The predicted molar refractivity (Wildman–Crippen MR) is 112 cm³/mol. The van der Waals surface area contributed by atoms with Crippen LogP contribution in [0.25, 0.3) is 0 Å². The molecule has 4 rings (SSSR count). The molecule has 0 aromatic heterocycles. The van der Waals surface area contributed by atoms with Gasteiger partial charge in [-0.2, -0.15) is 0 Å². The van der Waals surface area contributed by atoms with Gasteiger partial charge in [0.15, 0.2) is 5.78 Å². The number of carbonyl (C=O) groups is 1. The van der Waals surface area contributed by atoms with Gasteiger partial charge < -0.3 is 9.84 Å². The maximum absolute atomic E-state index is 12.6. The number of aliphatic hydroxyl groups excluding tert-OH is 1. The van der Waals surface area contributed by atoms with Crippen LogP contribution in [0.5, 0.6) is 0 Å². The van der Waals surface area contributed by atoms with Gasteiger partial charge in [-0.05, 0) is 87.7 Å². The van der Waals surface area contributed by atoms with E-state index in [9.17, 15) is 9.90 Å². The molecule has 7 atom stereocenters. The topological polar surface area (TPSA) is 46.5 Å². The number of ketones is 1. The number of hydrogen-bond donors (Lipinski definition) is 1. The molecule has 0 amide bonds. The molecule has 3 aliphatic carbocycles. The average Bonchev–Trinajstić information content (AvgIpc) is 3.14. The second kappa shape index (κ2) is 6.95. The van der Waals surface area contributed by atoms with E-state index < -0.39 is 0 Å². The van der Waals surface area contributed by atoms with Crippen LogP contribution in [-0.2, 0) is 9.53 Å². The van der Waals surface area contributed by atoms with Gasteiger partial charge in [0.1, 0.15) is 0 Å². The van der Waals surface area contributed by atoms with Gasteiger partial charge in [0.2, 0.25) is 0 Å². The summed E-state index contributed by atoms with van der Waals surface area (Å²) < 4.78 is 6.84. The van der Waals surface area contributed by atoms with Gasteiger partial charge in [-0.3, -0.25) is 4.79 Å². The summed E-state index contributed by atoms with van der Waals surface area (Å²) in [4.78, 5) is 12.6. The highest BCUT2D eigenvalue weighted by Crippen LogP contribution is 2.63. The Morgan fingerprint density at radius 2 is 2.11 bits per heavy atom. The Morgan fingerprint density at radius 1 is 1.36 bits per heavy atom. The lowest BCUT2D eigenvalue weighted by atomic mass is 9.62. The lowest BCUT2D eigenvalue weighted by Gasteiger charge is -2.44. The van der Waals surface area contributed by atoms with Crippen LogP contribution in [0.3, 0.4) is 0 Å². The number of allylic oxidation sites excluding steroid dienone is 4. The number of fused-ring (bicyclic) bond motifs is 3. The van der Waals surface area contributed by atoms with Gasteiger partial charge in [-0.15, -0.1) is 0 Å². The van der Waals surface area contributed by atoms with Crippen LogP contribution in [0.1, 0.15) is 66.7 Å². The molecule has 3 nitrogen and oxygen atoms in total. The molecular formula is C25H36O3. The van der Waals surface area contributed by atoms with Crippen LogP contribution < -0.4 is 0 Å². The van der Waals surface area contributed by atoms with Crippen molar-refractivity contribution in [1.82, 2.24) is 0 Å². The van der Waals surface area contributed by atoms with Gasteiger partial charge in [0.25, 0.3) is 0 Å². The minimum Gasteiger partial charge on any atom is -0.392 e. The third-order valence-corrected chi connectivity index (χ3v) is 8.38. The summed E-state index contributed by atoms with van der Waals surface area (Å²) in [6.07, 6.45) is 11.8. The van der Waals surface area contributed by atoms with E-state index >= 15 is 0 Å². The Balaban J connectivity index is 1.72. The summed E-state index contributed by atoms with van der Waals surface area (Å²) in [5, 5.41) is 10.0. The van der Waals surface area contributed by atoms with Crippen LogP contribution in [0.4, 0.5) is 0 Å². The molecule has 0 radical (unpaired) electrons. The minimum atomic E-state index is -0.139. The zero-order chi connectivity index (χ0) is 20.3. The van der Waals surface area contributed by atoms with Crippen molar-refractivity contribution in [2.75, 3.05) is 6.61 Å². The zero-order valence-electron chi connectivity index (χ0n) is 18.1. The van der Waals surface area contributed by atoms with E-state index in [0.717, 1.165) is 37.7 Å². The summed E-state index contributed by atoms with van der Waals surface area (Å²) in [6, 6.07) is 0. The Hall–Kier alpha value is -1.19. The van der Waals surface area contributed by atoms with E-state index in [0.29, 0.717) is 11.8 Å². The molecule has 0 aromatic rings. The first kappa shape index (κ1) is 20.1. The Morgan fingerprint density at radius 3 is 2.79 bits per heavy atom. The number of ether oxygens (including phenoxy) is 1. The third kappa shape index (κ3) is 2.97. The van der Waals surface area contributed by atoms with Crippen molar-refractivity contribution in [3.8, 4) is 0 Å². The minimum absolute atomic E-state index is 0.0126. The van der Waals surface area contributed by atoms with Crippen molar-refractivity contribution >= 4 is 5.78 Å². The molecular weight excluding hydrogens is 348 g/mol. The molecule has 4 aliphatic rings. The van der Waals surface area contributed by atoms with Crippen LogP contribution >= 0.6 is 0 Å². The Labute approximate surface area is 169 Å². The molecule has 1 unspecified atom stereocenters. The molecule has 1 saturated heterocycles. The highest BCUT2D eigenvalue weighted by Gasteiger charge is 2.61. The number of rotatable bonds is 2. The molecule has 3 heteroatoms. The smallest absolute Gasteiger partial charge is 0.163 e. The van der Waals surface area contributed by atoms with Crippen molar-refractivity contribution in [3.05, 3.63) is 34.9 Å². The SMILES string of the molecule is CC(C)=CC1C[C@H](C)[C@]2(CC[C@]3(C)C[C@@H]4C(C)=CC(=O)[C@@H]4/C(CO)=C\C[C@H]32)O1. The molecule has 0 aromatic carbocycles. The fourth-order valence-electron chi connectivity index (χ4n) is 7.01. The average molecular weight is 385 g/mol. The molecule has 0 bridgehead atoms. The van der Waals surface area contributed by atoms with Crippen molar-refractivity contribution in [3.63, 3.8) is 0 Å². The van der Waals surface area contributed by atoms with Gasteiger partial charge in [0, 0.05) is 0 Å². The fraction of sp³-hybridized carbons (Fsp3) is 0.720. The fourth-order valence-corrected chi connectivity index (χ4v) is 7.01. The molecule has 1 saturated carbocycles. The van der Waals surface area contributed by atoms with E-state index in [2.05, 4.69) is 46.8 Å². The maximum atomic E-state index is 12.6. The van der Waals surface area contributed by atoms with Crippen LogP contribution in [0, 0.1) is 29.1 Å². The first-order chi connectivity index (χ1) is 13.2. The maximum Gasteiger partial charge on any atom is 0.163 e. The van der Waals surface area contributed by atoms with Crippen LogP contribution in [-0.4, -0.2) is 29.2 Å². The van der Waals surface area contributed by atoms with Crippen molar-refractivity contribution in [1.29, 1.82) is 0 Å². The Bertz CT molecular complexity index is 756. The predicted octanol–water partition coefficient (Wildman–Crippen LogP) is 5.01. The van der Waals surface area contributed by atoms with E-state index in [4.69, 9.17) is 4.74 Å². The molecule has 1 N–H and O–H groups in total. The molecule has 28 heavy (non-hydrogen) atoms. The van der Waals surface area contributed by atoms with Gasteiger partial charge in [-0.25, -0.2) is 0 Å². The lowest BCUT2D eigenvalue weighted by molar-refractivity contribution is -0.118. The lowest BCUT2D eigenvalue weighted by Crippen LogP contribution is -2.44. The quantitative estimate of drug-likeness (QED) is 0.681. The standard InChI is InChI=1S/C25H36O3/c1-15(2)10-19-12-17(4)25(28-19)9-8-24(5)13-20-16(3)11-21(27)23(20)18(14-26)6-7-22(24)25/h6,10-11,17,19-20,22-23,26H,7-9,12-14H2,1-5H3/b18-6-/t17-,19?,20+,22+,23+,24+,25-/m0/s1. The first-order valence-electron chi connectivity index (χ1n) is 11.0. The van der Waals surface area contributed by atoms with Crippen molar-refractivity contribution in [2.24, 2.45) is 29.1 Å². The van der Waals surface area contributed by atoms with E-state index in [1.807, 2.05) is 6.08 Å². The number of hydrogen-bond acceptors (Lipinski definition) is 3. The summed E-state index contributed by atoms with van der Waals surface area (Å²) in [7, 11) is 0. The number of aliphatic hydroxyl groups is 1. The summed E-state index contributed by atoms with van der Waals surface area (Å²) in [5.74, 6) is 1.25. The summed E-state index contributed by atoms with van der Waals surface area (Å²) in [6.45, 7) is 11.2. The van der Waals surface area contributed by atoms with Crippen LogP contribution in [0.2, 0.25) is 0 Å². The van der Waals surface area contributed by atoms with E-state index in [-0.39, 0.29) is 41.3 Å². The van der Waals surface area contributed by atoms with E-state index in [1.54, 1.807) is 0 Å². The third-order valence-electron chi connectivity index (χ3n) is 8.38. The monoisotopic (exact) mass is 384 g/mol. The second-order valence-corrected chi connectivity index (χ2v) is 10.5. The normalized spacial score (nSPS) is 47.1. The summed E-state index contributed by atoms with van der Waals surface area (Å²) in [5.41, 5.74) is 3.55. The van der Waals surface area contributed by atoms with Crippen LogP contribution in [0.15, 0.2) is 34.9 Å². The molecule has 1 spiro atoms. The van der Waals surface area contributed by atoms with Gasteiger partial charge in [0.05, 0.1) is 24.2 Å². The van der Waals surface area contributed by atoms with Gasteiger partial charge >= 0.3 is 0 Å². The molecule has 2 fully saturated rings. The Kier molecular flexibility index (Phi) is 4.99. The zero-order valence-corrected chi connectivity index (χ0v) is 18.1. The largest absolute Gasteiger partial charge is 0.392 e.